The average Bonchev–Trinajstić information content (AvgIpc) is 2.84. The molecule has 6 nitrogen and oxygen atoms in total. The van der Waals surface area contributed by atoms with Crippen LogP contribution in [0.15, 0.2) is 0 Å². The monoisotopic (exact) mass is 271 g/mol. The minimum atomic E-state index is -0.858. The lowest BCUT2D eigenvalue weighted by Crippen LogP contribution is -2.47. The van der Waals surface area contributed by atoms with Gasteiger partial charge in [-0.1, -0.05) is 13.8 Å². The molecule has 0 spiro atoms. The van der Waals surface area contributed by atoms with E-state index in [1.54, 1.807) is 0 Å². The summed E-state index contributed by atoms with van der Waals surface area (Å²) in [5, 5.41) is 11.6. The van der Waals surface area contributed by atoms with Crippen molar-refractivity contribution >= 4 is 17.8 Å². The lowest BCUT2D eigenvalue weighted by atomic mass is 10.0. The van der Waals surface area contributed by atoms with E-state index in [-0.39, 0.29) is 17.7 Å². The fraction of sp³-hybridized carbons (Fsp3) is 0.769. The number of hydrogen-bond donors (Lipinski definition) is 2. The molecule has 1 rings (SSSR count). The fourth-order valence-electron chi connectivity index (χ4n) is 2.34. The largest absolute Gasteiger partial charge is 0.481 e. The standard InChI is InChI=1S/C13H21NO5/c1-7(2)10(13(18)19-3)14-11(15)8-4-5-9(6-8)12(16)17/h7-10H,4-6H2,1-3H3,(H,14,15)(H,16,17)/t8-,9+,10?/m1/s1. The van der Waals surface area contributed by atoms with Crippen molar-refractivity contribution in [3.63, 3.8) is 0 Å². The van der Waals surface area contributed by atoms with E-state index in [4.69, 9.17) is 5.11 Å². The predicted octanol–water partition coefficient (Wildman–Crippen LogP) is 0.801. The molecule has 2 N–H and O–H groups in total. The first-order valence-electron chi connectivity index (χ1n) is 6.47. The molecule has 0 radical (unpaired) electrons. The molecule has 1 unspecified atom stereocenters. The Morgan fingerprint density at radius 3 is 2.21 bits per heavy atom. The zero-order valence-electron chi connectivity index (χ0n) is 11.5. The summed E-state index contributed by atoms with van der Waals surface area (Å²) in [7, 11) is 1.28. The molecule has 0 aromatic rings. The highest BCUT2D eigenvalue weighted by molar-refractivity contribution is 5.86. The summed E-state index contributed by atoms with van der Waals surface area (Å²) >= 11 is 0. The van der Waals surface area contributed by atoms with Crippen molar-refractivity contribution in [1.82, 2.24) is 5.32 Å². The SMILES string of the molecule is COC(=O)C(NC(=O)[C@@H]1CC[C@H](C(=O)O)C1)C(C)C. The van der Waals surface area contributed by atoms with Crippen molar-refractivity contribution in [2.75, 3.05) is 7.11 Å². The van der Waals surface area contributed by atoms with E-state index in [2.05, 4.69) is 10.1 Å². The maximum absolute atomic E-state index is 12.0. The van der Waals surface area contributed by atoms with Crippen LogP contribution in [-0.2, 0) is 19.1 Å². The molecular weight excluding hydrogens is 250 g/mol. The molecule has 1 fully saturated rings. The number of esters is 1. The van der Waals surface area contributed by atoms with Crippen LogP contribution in [-0.4, -0.2) is 36.1 Å². The van der Waals surface area contributed by atoms with Crippen LogP contribution in [0.25, 0.3) is 0 Å². The highest BCUT2D eigenvalue weighted by atomic mass is 16.5. The zero-order chi connectivity index (χ0) is 14.6. The molecule has 0 bridgehead atoms. The summed E-state index contributed by atoms with van der Waals surface area (Å²) in [4.78, 5) is 34.4. The summed E-state index contributed by atoms with van der Waals surface area (Å²) in [5.41, 5.74) is 0. The lowest BCUT2D eigenvalue weighted by molar-refractivity contribution is -0.147. The second-order valence-electron chi connectivity index (χ2n) is 5.30. The number of aliphatic carboxylic acids is 1. The first-order chi connectivity index (χ1) is 8.86. The normalized spacial score (nSPS) is 24.0. The van der Waals surface area contributed by atoms with Crippen LogP contribution < -0.4 is 5.32 Å². The van der Waals surface area contributed by atoms with Gasteiger partial charge in [-0.3, -0.25) is 9.59 Å². The lowest BCUT2D eigenvalue weighted by Gasteiger charge is -2.21. The van der Waals surface area contributed by atoms with Gasteiger partial charge in [-0.2, -0.15) is 0 Å². The number of nitrogens with one attached hydrogen (secondary N) is 1. The number of carboxylic acid groups (broad SMARTS) is 1. The Balaban J connectivity index is 2.59. The molecule has 6 heteroatoms. The van der Waals surface area contributed by atoms with Gasteiger partial charge >= 0.3 is 11.9 Å². The van der Waals surface area contributed by atoms with Gasteiger partial charge < -0.3 is 15.2 Å². The van der Waals surface area contributed by atoms with Crippen molar-refractivity contribution in [3.8, 4) is 0 Å². The van der Waals surface area contributed by atoms with E-state index < -0.39 is 23.9 Å². The van der Waals surface area contributed by atoms with Crippen LogP contribution in [0.5, 0.6) is 0 Å². The zero-order valence-corrected chi connectivity index (χ0v) is 11.5. The molecule has 1 amide bonds. The molecule has 0 aromatic heterocycles. The number of hydrogen-bond acceptors (Lipinski definition) is 4. The predicted molar refractivity (Wildman–Crippen MR) is 67.3 cm³/mol. The van der Waals surface area contributed by atoms with Gasteiger partial charge in [0.15, 0.2) is 0 Å². The van der Waals surface area contributed by atoms with Crippen molar-refractivity contribution in [2.24, 2.45) is 17.8 Å². The second-order valence-corrected chi connectivity index (χ2v) is 5.30. The Morgan fingerprint density at radius 2 is 1.79 bits per heavy atom. The van der Waals surface area contributed by atoms with E-state index in [9.17, 15) is 14.4 Å². The number of carboxylic acids is 1. The van der Waals surface area contributed by atoms with Gasteiger partial charge in [-0.25, -0.2) is 4.79 Å². The van der Waals surface area contributed by atoms with Crippen molar-refractivity contribution in [1.29, 1.82) is 0 Å². The summed E-state index contributed by atoms with van der Waals surface area (Å²) in [5.74, 6) is -2.45. The number of ether oxygens (including phenoxy) is 1. The van der Waals surface area contributed by atoms with Crippen LogP contribution >= 0.6 is 0 Å². The van der Waals surface area contributed by atoms with Crippen molar-refractivity contribution in [2.45, 2.75) is 39.2 Å². The van der Waals surface area contributed by atoms with E-state index >= 15 is 0 Å². The van der Waals surface area contributed by atoms with Gasteiger partial charge in [0.05, 0.1) is 13.0 Å². The molecule has 0 saturated heterocycles. The molecule has 0 aliphatic heterocycles. The third kappa shape index (κ3) is 3.94. The molecular formula is C13H21NO5. The highest BCUT2D eigenvalue weighted by Gasteiger charge is 2.36. The quantitative estimate of drug-likeness (QED) is 0.721. The van der Waals surface area contributed by atoms with E-state index in [0.717, 1.165) is 0 Å². The van der Waals surface area contributed by atoms with Crippen molar-refractivity contribution in [3.05, 3.63) is 0 Å². The third-order valence-corrected chi connectivity index (χ3v) is 3.57. The topological polar surface area (TPSA) is 92.7 Å². The van der Waals surface area contributed by atoms with Crippen molar-refractivity contribution < 1.29 is 24.2 Å². The minimum absolute atomic E-state index is 0.0759. The van der Waals surface area contributed by atoms with Crippen LogP contribution in [0.1, 0.15) is 33.1 Å². The Hall–Kier alpha value is -1.59. The molecule has 1 aliphatic carbocycles. The molecule has 0 aromatic carbocycles. The molecule has 3 atom stereocenters. The Kier molecular flexibility index (Phi) is 5.32. The smallest absolute Gasteiger partial charge is 0.328 e. The second kappa shape index (κ2) is 6.54. The van der Waals surface area contributed by atoms with Gasteiger partial charge in [-0.05, 0) is 25.2 Å². The summed E-state index contributed by atoms with van der Waals surface area (Å²) < 4.78 is 4.65. The molecule has 1 saturated carbocycles. The molecule has 0 heterocycles. The highest BCUT2D eigenvalue weighted by Crippen LogP contribution is 2.31. The summed E-state index contributed by atoms with van der Waals surface area (Å²) in [6.07, 6.45) is 1.40. The van der Waals surface area contributed by atoms with E-state index in [1.165, 1.54) is 7.11 Å². The van der Waals surface area contributed by atoms with Crippen LogP contribution in [0.4, 0.5) is 0 Å². The Labute approximate surface area is 112 Å². The van der Waals surface area contributed by atoms with Gasteiger partial charge in [0.25, 0.3) is 0 Å². The van der Waals surface area contributed by atoms with E-state index in [1.807, 2.05) is 13.8 Å². The van der Waals surface area contributed by atoms with Gasteiger partial charge in [0.1, 0.15) is 6.04 Å². The Morgan fingerprint density at radius 1 is 1.21 bits per heavy atom. The number of rotatable bonds is 5. The molecule has 1 aliphatic rings. The number of carbonyl (C=O) groups is 3. The maximum Gasteiger partial charge on any atom is 0.328 e. The number of methoxy groups -OCH3 is 1. The number of amides is 1. The average molecular weight is 271 g/mol. The van der Waals surface area contributed by atoms with Crippen LogP contribution in [0.2, 0.25) is 0 Å². The summed E-state index contributed by atoms with van der Waals surface area (Å²) in [6.45, 7) is 3.63. The summed E-state index contributed by atoms with van der Waals surface area (Å²) in [6, 6.07) is -0.679. The van der Waals surface area contributed by atoms with Gasteiger partial charge in [-0.15, -0.1) is 0 Å². The third-order valence-electron chi connectivity index (χ3n) is 3.57. The van der Waals surface area contributed by atoms with Crippen LogP contribution in [0, 0.1) is 17.8 Å². The molecule has 108 valence electrons. The first-order valence-corrected chi connectivity index (χ1v) is 6.47. The maximum atomic E-state index is 12.0. The fourth-order valence-corrected chi connectivity index (χ4v) is 2.34. The van der Waals surface area contributed by atoms with E-state index in [0.29, 0.717) is 19.3 Å². The molecule has 19 heavy (non-hydrogen) atoms. The van der Waals surface area contributed by atoms with Gasteiger partial charge in [0, 0.05) is 5.92 Å². The minimum Gasteiger partial charge on any atom is -0.481 e. The van der Waals surface area contributed by atoms with Crippen LogP contribution in [0.3, 0.4) is 0 Å². The number of carbonyl (C=O) groups excluding carboxylic acids is 2. The van der Waals surface area contributed by atoms with Gasteiger partial charge in [0.2, 0.25) is 5.91 Å². The first kappa shape index (κ1) is 15.5. The Bertz CT molecular complexity index is 366.